The summed E-state index contributed by atoms with van der Waals surface area (Å²) in [5, 5.41) is 0. The van der Waals surface area contributed by atoms with Crippen molar-refractivity contribution in [3.63, 3.8) is 0 Å². The van der Waals surface area contributed by atoms with E-state index in [1.54, 1.807) is 0 Å². The molecule has 2 aliphatic heterocycles. The number of hydrogen-bond donors (Lipinski definition) is 0. The van der Waals surface area contributed by atoms with Crippen molar-refractivity contribution < 1.29 is 9.78 Å². The summed E-state index contributed by atoms with van der Waals surface area (Å²) in [6.45, 7) is 0. The molecule has 0 aromatic rings. The van der Waals surface area contributed by atoms with Crippen LogP contribution in [-0.2, 0) is 9.78 Å². The zero-order valence-corrected chi connectivity index (χ0v) is 5.69. The van der Waals surface area contributed by atoms with Crippen LogP contribution < -0.4 is 0 Å². The van der Waals surface area contributed by atoms with Gasteiger partial charge in [-0.05, 0) is 24.7 Å². The molecule has 4 atom stereocenters. The van der Waals surface area contributed by atoms with Crippen molar-refractivity contribution in [1.29, 1.82) is 0 Å². The van der Waals surface area contributed by atoms with Crippen molar-refractivity contribution >= 4 is 0 Å². The topological polar surface area (TPSA) is 18.5 Å². The number of hydrogen-bond acceptors (Lipinski definition) is 2. The second-order valence-corrected chi connectivity index (χ2v) is 3.41. The Morgan fingerprint density at radius 2 is 1.40 bits per heavy atom. The highest BCUT2D eigenvalue weighted by molar-refractivity contribution is 5.12. The zero-order valence-electron chi connectivity index (χ0n) is 5.69. The van der Waals surface area contributed by atoms with Gasteiger partial charge in [0.2, 0.25) is 0 Å². The highest BCUT2D eigenvalue weighted by Crippen LogP contribution is 2.47. The van der Waals surface area contributed by atoms with Gasteiger partial charge in [0.15, 0.2) is 0 Å². The minimum atomic E-state index is 0.281. The Hall–Kier alpha value is -0.340. The number of rotatable bonds is 0. The van der Waals surface area contributed by atoms with E-state index in [2.05, 4.69) is 12.2 Å². The van der Waals surface area contributed by atoms with Gasteiger partial charge < -0.3 is 0 Å². The molecule has 0 unspecified atom stereocenters. The molecule has 10 heavy (non-hydrogen) atoms. The van der Waals surface area contributed by atoms with Gasteiger partial charge in [-0.25, -0.2) is 9.78 Å². The van der Waals surface area contributed by atoms with E-state index in [9.17, 15) is 0 Å². The van der Waals surface area contributed by atoms with Crippen LogP contribution in [0.15, 0.2) is 12.2 Å². The van der Waals surface area contributed by atoms with Gasteiger partial charge in [0.05, 0.1) is 0 Å². The van der Waals surface area contributed by atoms with E-state index in [0.717, 1.165) is 11.8 Å². The van der Waals surface area contributed by atoms with Gasteiger partial charge in [-0.3, -0.25) is 0 Å². The third-order valence-corrected chi connectivity index (χ3v) is 3.00. The molecular formula is C8H10O2. The second-order valence-electron chi connectivity index (χ2n) is 3.41. The van der Waals surface area contributed by atoms with E-state index in [0.29, 0.717) is 0 Å². The van der Waals surface area contributed by atoms with Crippen LogP contribution in [0, 0.1) is 11.8 Å². The maximum atomic E-state index is 5.12. The summed E-state index contributed by atoms with van der Waals surface area (Å²) in [5.74, 6) is 1.56. The summed E-state index contributed by atoms with van der Waals surface area (Å²) in [5.41, 5.74) is 0. The fourth-order valence-electron chi connectivity index (χ4n) is 2.21. The van der Waals surface area contributed by atoms with Crippen molar-refractivity contribution in [3.8, 4) is 0 Å². The van der Waals surface area contributed by atoms with Crippen LogP contribution in [0.25, 0.3) is 0 Å². The molecule has 1 saturated heterocycles. The molecule has 54 valence electrons. The first-order valence-corrected chi connectivity index (χ1v) is 3.95. The lowest BCUT2D eigenvalue weighted by Gasteiger charge is -2.49. The SMILES string of the molecule is C1=C[C@H]2OO[C@@H]1[C@H]1CC[C@H]12. The summed E-state index contributed by atoms with van der Waals surface area (Å²) in [6.07, 6.45) is 7.52. The van der Waals surface area contributed by atoms with Crippen molar-refractivity contribution in [2.45, 2.75) is 25.0 Å². The van der Waals surface area contributed by atoms with E-state index in [1.165, 1.54) is 12.8 Å². The fraction of sp³-hybridized carbons (Fsp3) is 0.750. The zero-order chi connectivity index (χ0) is 6.55. The molecule has 2 heteroatoms. The van der Waals surface area contributed by atoms with Crippen LogP contribution in [0.2, 0.25) is 0 Å². The van der Waals surface area contributed by atoms with Gasteiger partial charge in [-0.2, -0.15) is 0 Å². The first kappa shape index (κ1) is 5.33. The molecule has 2 heterocycles. The average molecular weight is 138 g/mol. The first-order valence-electron chi connectivity index (χ1n) is 3.95. The van der Waals surface area contributed by atoms with Crippen molar-refractivity contribution in [2.24, 2.45) is 11.8 Å². The Labute approximate surface area is 59.7 Å². The minimum absolute atomic E-state index is 0.281. The van der Waals surface area contributed by atoms with E-state index < -0.39 is 0 Å². The Kier molecular flexibility index (Phi) is 0.868. The Balaban J connectivity index is 1.98. The van der Waals surface area contributed by atoms with Gasteiger partial charge in [0.1, 0.15) is 12.2 Å². The predicted octanol–water partition coefficient (Wildman–Crippen LogP) is 1.28. The van der Waals surface area contributed by atoms with Crippen LogP contribution in [0.4, 0.5) is 0 Å². The molecule has 2 fully saturated rings. The largest absolute Gasteiger partial charge is 0.228 e. The summed E-state index contributed by atoms with van der Waals surface area (Å²) >= 11 is 0. The fourth-order valence-corrected chi connectivity index (χ4v) is 2.21. The number of fused-ring (bicyclic) bond motifs is 1. The van der Waals surface area contributed by atoms with Crippen LogP contribution in [0.3, 0.4) is 0 Å². The lowest BCUT2D eigenvalue weighted by Crippen LogP contribution is -2.51. The van der Waals surface area contributed by atoms with Crippen LogP contribution in [-0.4, -0.2) is 12.2 Å². The van der Waals surface area contributed by atoms with E-state index >= 15 is 0 Å². The molecule has 0 amide bonds. The Bertz CT molecular complexity index is 168. The maximum Gasteiger partial charge on any atom is 0.114 e. The molecule has 2 nitrogen and oxygen atoms in total. The van der Waals surface area contributed by atoms with E-state index in [1.807, 2.05) is 0 Å². The predicted molar refractivity (Wildman–Crippen MR) is 35.1 cm³/mol. The van der Waals surface area contributed by atoms with Crippen LogP contribution in [0.1, 0.15) is 12.8 Å². The molecule has 2 bridgehead atoms. The van der Waals surface area contributed by atoms with Gasteiger partial charge in [-0.1, -0.05) is 12.2 Å². The molecule has 0 aromatic heterocycles. The maximum absolute atomic E-state index is 5.12. The smallest absolute Gasteiger partial charge is 0.114 e. The Morgan fingerprint density at radius 3 is 1.60 bits per heavy atom. The molecule has 0 aromatic carbocycles. The molecule has 0 radical (unpaired) electrons. The minimum Gasteiger partial charge on any atom is -0.228 e. The first-order chi connectivity index (χ1) is 4.95. The summed E-state index contributed by atoms with van der Waals surface area (Å²) in [7, 11) is 0. The average Bonchev–Trinajstić information content (AvgIpc) is 1.88. The van der Waals surface area contributed by atoms with E-state index in [-0.39, 0.29) is 12.2 Å². The van der Waals surface area contributed by atoms with Crippen molar-refractivity contribution in [2.75, 3.05) is 0 Å². The molecule has 1 saturated carbocycles. The van der Waals surface area contributed by atoms with Crippen LogP contribution in [0.5, 0.6) is 0 Å². The highest BCUT2D eigenvalue weighted by Gasteiger charge is 2.48. The lowest BCUT2D eigenvalue weighted by molar-refractivity contribution is -0.400. The molecule has 0 N–H and O–H groups in total. The van der Waals surface area contributed by atoms with Gasteiger partial charge in [-0.15, -0.1) is 0 Å². The Morgan fingerprint density at radius 1 is 0.900 bits per heavy atom. The standard InChI is InChI=1S/C8H10O2/c1-2-6-5(1)7-3-4-8(6)10-9-7/h3-8H,1-2H2/t5-,6+,7-,8+. The summed E-state index contributed by atoms with van der Waals surface area (Å²) < 4.78 is 0. The van der Waals surface area contributed by atoms with Crippen molar-refractivity contribution in [3.05, 3.63) is 12.2 Å². The summed E-state index contributed by atoms with van der Waals surface area (Å²) in [6, 6.07) is 0. The summed E-state index contributed by atoms with van der Waals surface area (Å²) in [4.78, 5) is 10.2. The molecule has 4 aliphatic rings. The third kappa shape index (κ3) is 0.478. The monoisotopic (exact) mass is 138 g/mol. The third-order valence-electron chi connectivity index (χ3n) is 3.00. The van der Waals surface area contributed by atoms with Crippen molar-refractivity contribution in [1.82, 2.24) is 0 Å². The second kappa shape index (κ2) is 1.63. The normalized spacial score (nSPS) is 56.0. The molecule has 2 aliphatic carbocycles. The quantitative estimate of drug-likeness (QED) is 0.371. The van der Waals surface area contributed by atoms with Gasteiger partial charge in [0.25, 0.3) is 0 Å². The molecule has 0 spiro atoms. The van der Waals surface area contributed by atoms with E-state index in [4.69, 9.17) is 9.78 Å². The lowest BCUT2D eigenvalue weighted by atomic mass is 9.65. The van der Waals surface area contributed by atoms with Crippen LogP contribution >= 0.6 is 0 Å². The molecular weight excluding hydrogens is 128 g/mol. The molecule has 4 rings (SSSR count). The van der Waals surface area contributed by atoms with Gasteiger partial charge >= 0.3 is 0 Å². The van der Waals surface area contributed by atoms with Gasteiger partial charge in [0, 0.05) is 0 Å². The highest BCUT2D eigenvalue weighted by atomic mass is 17.2.